The van der Waals surface area contributed by atoms with Gasteiger partial charge in [-0.2, -0.15) is 0 Å². The molecule has 26 heavy (non-hydrogen) atoms. The summed E-state index contributed by atoms with van der Waals surface area (Å²) in [5.41, 5.74) is 0.444. The van der Waals surface area contributed by atoms with Crippen LogP contribution in [0.1, 0.15) is 40.2 Å². The zero-order chi connectivity index (χ0) is 19.5. The van der Waals surface area contributed by atoms with E-state index >= 15 is 0 Å². The lowest BCUT2D eigenvalue weighted by molar-refractivity contribution is -0.133. The summed E-state index contributed by atoms with van der Waals surface area (Å²) in [6.07, 6.45) is 0.0630. The van der Waals surface area contributed by atoms with Gasteiger partial charge in [0, 0.05) is 13.1 Å². The quantitative estimate of drug-likeness (QED) is 0.869. The van der Waals surface area contributed by atoms with Crippen LogP contribution in [0, 0.1) is 0 Å². The summed E-state index contributed by atoms with van der Waals surface area (Å²) in [7, 11) is 1.73. The number of alkyl carbamates (subject to hydrolysis) is 1. The number of rotatable bonds is 5. The Hall–Kier alpha value is -2.44. The van der Waals surface area contributed by atoms with Gasteiger partial charge in [-0.25, -0.2) is 4.79 Å². The fraction of sp³-hybridized carbons (Fsp3) is 0.579. The van der Waals surface area contributed by atoms with Crippen molar-refractivity contribution in [1.82, 2.24) is 10.2 Å². The summed E-state index contributed by atoms with van der Waals surface area (Å²) in [6.45, 7) is 9.18. The van der Waals surface area contributed by atoms with Crippen LogP contribution < -0.4 is 14.8 Å². The van der Waals surface area contributed by atoms with Crippen molar-refractivity contribution in [3.63, 3.8) is 0 Å². The molecular weight excluding hydrogens is 336 g/mol. The smallest absolute Gasteiger partial charge is 0.408 e. The zero-order valence-electron chi connectivity index (χ0n) is 16.3. The molecule has 0 bridgehead atoms. The molecule has 0 fully saturated rings. The van der Waals surface area contributed by atoms with Gasteiger partial charge in [0.25, 0.3) is 0 Å². The summed E-state index contributed by atoms with van der Waals surface area (Å²) >= 11 is 0. The van der Waals surface area contributed by atoms with E-state index in [4.69, 9.17) is 14.2 Å². The van der Waals surface area contributed by atoms with E-state index in [9.17, 15) is 9.59 Å². The fourth-order valence-electron chi connectivity index (χ4n) is 2.61. The molecule has 1 aromatic carbocycles. The molecular formula is C19H28N2O5. The first-order chi connectivity index (χ1) is 12.1. The molecule has 0 saturated carbocycles. The topological polar surface area (TPSA) is 77.1 Å². The maximum Gasteiger partial charge on any atom is 0.408 e. The summed E-state index contributed by atoms with van der Waals surface area (Å²) < 4.78 is 15.9. The molecule has 1 unspecified atom stereocenters. The molecule has 0 radical (unpaired) electrons. The monoisotopic (exact) mass is 364 g/mol. The van der Waals surface area contributed by atoms with Gasteiger partial charge in [0.2, 0.25) is 12.7 Å². The summed E-state index contributed by atoms with van der Waals surface area (Å²) in [6, 6.07) is 5.04. The highest BCUT2D eigenvalue weighted by atomic mass is 16.7. The molecule has 1 aliphatic heterocycles. The number of ether oxygens (including phenoxy) is 3. The first-order valence-electron chi connectivity index (χ1n) is 8.71. The van der Waals surface area contributed by atoms with Crippen LogP contribution in [0.3, 0.4) is 0 Å². The van der Waals surface area contributed by atoms with Crippen LogP contribution in [-0.4, -0.2) is 48.4 Å². The van der Waals surface area contributed by atoms with Crippen molar-refractivity contribution in [3.05, 3.63) is 23.8 Å². The normalized spacial score (nSPS) is 15.2. The molecule has 1 N–H and O–H groups in total. The van der Waals surface area contributed by atoms with Crippen LogP contribution in [0.25, 0.3) is 0 Å². The Balaban J connectivity index is 1.91. The van der Waals surface area contributed by atoms with Gasteiger partial charge in [-0.3, -0.25) is 4.79 Å². The molecule has 144 valence electrons. The lowest BCUT2D eigenvalue weighted by Gasteiger charge is -2.29. The van der Waals surface area contributed by atoms with Crippen molar-refractivity contribution < 1.29 is 23.8 Å². The summed E-state index contributed by atoms with van der Waals surface area (Å²) in [5, 5.41) is 2.58. The molecule has 7 nitrogen and oxygen atoms in total. The maximum atomic E-state index is 12.6. The van der Waals surface area contributed by atoms with E-state index in [-0.39, 0.29) is 18.7 Å². The van der Waals surface area contributed by atoms with Gasteiger partial charge in [-0.1, -0.05) is 6.07 Å². The van der Waals surface area contributed by atoms with Crippen molar-refractivity contribution >= 4 is 12.0 Å². The molecule has 1 aliphatic rings. The van der Waals surface area contributed by atoms with Crippen LogP contribution >= 0.6 is 0 Å². The molecule has 1 heterocycles. The molecule has 1 aromatic rings. The van der Waals surface area contributed by atoms with Crippen molar-refractivity contribution in [2.75, 3.05) is 13.8 Å². The number of fused-ring (bicyclic) bond motifs is 1. The summed E-state index contributed by atoms with van der Waals surface area (Å²) in [5.74, 6) is 1.29. The first-order valence-corrected chi connectivity index (χ1v) is 8.71. The zero-order valence-corrected chi connectivity index (χ0v) is 16.3. The average molecular weight is 364 g/mol. The Bertz CT molecular complexity index is 668. The minimum Gasteiger partial charge on any atom is -0.454 e. The molecule has 0 spiro atoms. The molecule has 7 heteroatoms. The van der Waals surface area contributed by atoms with Crippen LogP contribution in [0.5, 0.6) is 11.5 Å². The second-order valence-corrected chi connectivity index (χ2v) is 7.56. The van der Waals surface area contributed by atoms with E-state index in [1.54, 1.807) is 39.6 Å². The van der Waals surface area contributed by atoms with Crippen molar-refractivity contribution in [2.24, 2.45) is 0 Å². The molecule has 2 rings (SSSR count). The van der Waals surface area contributed by atoms with E-state index in [2.05, 4.69) is 5.32 Å². The minimum atomic E-state index is -0.672. The third-order valence-electron chi connectivity index (χ3n) is 4.08. The predicted molar refractivity (Wildman–Crippen MR) is 97.3 cm³/mol. The average Bonchev–Trinajstić information content (AvgIpc) is 2.98. The Kier molecular flexibility index (Phi) is 6.00. The Morgan fingerprint density at radius 2 is 1.88 bits per heavy atom. The van der Waals surface area contributed by atoms with E-state index < -0.39 is 17.7 Å². The van der Waals surface area contributed by atoms with E-state index in [1.807, 2.05) is 25.1 Å². The summed E-state index contributed by atoms with van der Waals surface area (Å²) in [4.78, 5) is 26.0. The lowest BCUT2D eigenvalue weighted by Crippen LogP contribution is -2.49. The second kappa shape index (κ2) is 7.85. The standard InChI is InChI=1S/C19H28N2O5/c1-12(9-14-7-8-15-16(10-14)25-11-24-15)21(6)17(22)13(2)20-18(23)26-19(3,4)5/h7-8,10,12-13H,9,11H2,1-6H3,(H,20,23)/t12?,13-/m0/s1. The number of hydrogen-bond acceptors (Lipinski definition) is 5. The number of amides is 2. The molecule has 0 saturated heterocycles. The van der Waals surface area contributed by atoms with Crippen molar-refractivity contribution in [2.45, 2.75) is 58.7 Å². The van der Waals surface area contributed by atoms with Gasteiger partial charge >= 0.3 is 6.09 Å². The predicted octanol–water partition coefficient (Wildman–Crippen LogP) is 2.72. The van der Waals surface area contributed by atoms with Gasteiger partial charge in [-0.05, 0) is 58.7 Å². The lowest BCUT2D eigenvalue weighted by atomic mass is 10.0. The number of carbonyl (C=O) groups is 2. The highest BCUT2D eigenvalue weighted by Gasteiger charge is 2.25. The Morgan fingerprint density at radius 3 is 2.54 bits per heavy atom. The Morgan fingerprint density at radius 1 is 1.23 bits per heavy atom. The molecule has 2 atom stereocenters. The van der Waals surface area contributed by atoms with E-state index in [0.29, 0.717) is 6.42 Å². The van der Waals surface area contributed by atoms with E-state index in [0.717, 1.165) is 17.1 Å². The fourth-order valence-corrected chi connectivity index (χ4v) is 2.61. The number of benzene rings is 1. The van der Waals surface area contributed by atoms with Gasteiger partial charge in [-0.15, -0.1) is 0 Å². The third kappa shape index (κ3) is 5.28. The molecule has 2 amide bonds. The number of carbonyl (C=O) groups excluding carboxylic acids is 2. The van der Waals surface area contributed by atoms with Gasteiger partial charge in [0.1, 0.15) is 11.6 Å². The number of nitrogens with one attached hydrogen (secondary N) is 1. The van der Waals surface area contributed by atoms with Gasteiger partial charge in [0.15, 0.2) is 11.5 Å². The number of nitrogens with zero attached hydrogens (tertiary/aromatic N) is 1. The van der Waals surface area contributed by atoms with E-state index in [1.165, 1.54) is 0 Å². The van der Waals surface area contributed by atoms with Crippen LogP contribution in [0.2, 0.25) is 0 Å². The second-order valence-electron chi connectivity index (χ2n) is 7.56. The molecule has 0 aliphatic carbocycles. The minimum absolute atomic E-state index is 0.0502. The molecule has 0 aromatic heterocycles. The highest BCUT2D eigenvalue weighted by molar-refractivity contribution is 5.85. The first kappa shape index (κ1) is 19.9. The largest absolute Gasteiger partial charge is 0.454 e. The maximum absolute atomic E-state index is 12.6. The van der Waals surface area contributed by atoms with Gasteiger partial charge < -0.3 is 24.4 Å². The van der Waals surface area contributed by atoms with Crippen molar-refractivity contribution in [3.8, 4) is 11.5 Å². The van der Waals surface area contributed by atoms with Crippen LogP contribution in [-0.2, 0) is 16.0 Å². The Labute approximate surface area is 154 Å². The SMILES string of the molecule is CC(Cc1ccc2c(c1)OCO2)N(C)C(=O)[C@H](C)NC(=O)OC(C)(C)C. The van der Waals surface area contributed by atoms with Gasteiger partial charge in [0.05, 0.1) is 0 Å². The number of likely N-dealkylation sites (N-methyl/N-ethyl adjacent to an activating group) is 1. The van der Waals surface area contributed by atoms with Crippen LogP contribution in [0.15, 0.2) is 18.2 Å². The van der Waals surface area contributed by atoms with Crippen LogP contribution in [0.4, 0.5) is 4.79 Å². The van der Waals surface area contributed by atoms with Crippen molar-refractivity contribution in [1.29, 1.82) is 0 Å². The third-order valence-corrected chi connectivity index (χ3v) is 4.08. The highest BCUT2D eigenvalue weighted by Crippen LogP contribution is 2.32. The number of hydrogen-bond donors (Lipinski definition) is 1.